The molecule has 1 aromatic carbocycles. The molecular weight excluding hydrogens is 281 g/mol. The molecular formula is C10H9F3N4OS. The molecule has 3 N–H and O–H groups in total. The van der Waals surface area contributed by atoms with Crippen LogP contribution < -0.4 is 16.0 Å². The van der Waals surface area contributed by atoms with Gasteiger partial charge in [-0.05, 0) is 6.07 Å². The summed E-state index contributed by atoms with van der Waals surface area (Å²) >= 11 is 0.938. The zero-order valence-electron chi connectivity index (χ0n) is 9.39. The summed E-state index contributed by atoms with van der Waals surface area (Å²) in [5.74, 6) is 5.05. The second kappa shape index (κ2) is 5.51. The van der Waals surface area contributed by atoms with Crippen LogP contribution in [-0.4, -0.2) is 15.1 Å². The van der Waals surface area contributed by atoms with Gasteiger partial charge in [-0.15, -0.1) is 13.2 Å². The maximum absolute atomic E-state index is 12.3. The van der Waals surface area contributed by atoms with Gasteiger partial charge in [-0.2, -0.15) is 8.75 Å². The molecule has 0 amide bonds. The Morgan fingerprint density at radius 2 is 2.05 bits per heavy atom. The van der Waals surface area contributed by atoms with Crippen molar-refractivity contribution < 1.29 is 17.9 Å². The first-order valence-corrected chi connectivity index (χ1v) is 5.82. The number of nitrogens with zero attached hydrogens (tertiary/aromatic N) is 2. The molecule has 1 aromatic heterocycles. The average molecular weight is 290 g/mol. The SMILES string of the molecule is NNC(c1cnsn1)c1ccccc1OC(F)(F)F. The van der Waals surface area contributed by atoms with Crippen molar-refractivity contribution >= 4 is 11.7 Å². The van der Waals surface area contributed by atoms with E-state index in [1.165, 1.54) is 24.4 Å². The summed E-state index contributed by atoms with van der Waals surface area (Å²) in [5, 5.41) is 0. The molecule has 102 valence electrons. The number of rotatable bonds is 4. The van der Waals surface area contributed by atoms with Gasteiger partial charge >= 0.3 is 6.36 Å². The number of hydrogen-bond donors (Lipinski definition) is 2. The number of nitrogens with one attached hydrogen (secondary N) is 1. The first-order chi connectivity index (χ1) is 9.01. The van der Waals surface area contributed by atoms with Gasteiger partial charge in [0.25, 0.3) is 0 Å². The standard InChI is InChI=1S/C10H9F3N4OS/c11-10(12,13)18-8-4-2-1-3-6(8)9(16-14)7-5-15-19-17-7/h1-5,9,16H,14H2. The highest BCUT2D eigenvalue weighted by atomic mass is 32.1. The largest absolute Gasteiger partial charge is 0.573 e. The quantitative estimate of drug-likeness (QED) is 0.665. The van der Waals surface area contributed by atoms with Crippen LogP contribution in [0.2, 0.25) is 0 Å². The van der Waals surface area contributed by atoms with Crippen molar-refractivity contribution in [1.82, 2.24) is 14.2 Å². The van der Waals surface area contributed by atoms with Crippen molar-refractivity contribution in [3.05, 3.63) is 41.7 Å². The van der Waals surface area contributed by atoms with Crippen LogP contribution in [-0.2, 0) is 0 Å². The van der Waals surface area contributed by atoms with Crippen LogP contribution in [0.3, 0.4) is 0 Å². The maximum atomic E-state index is 12.3. The van der Waals surface area contributed by atoms with Gasteiger partial charge in [0.1, 0.15) is 5.75 Å². The smallest absolute Gasteiger partial charge is 0.405 e. The molecule has 0 aliphatic carbocycles. The number of ether oxygens (including phenoxy) is 1. The minimum absolute atomic E-state index is 0.232. The van der Waals surface area contributed by atoms with Crippen LogP contribution in [0.1, 0.15) is 17.3 Å². The monoisotopic (exact) mass is 290 g/mol. The highest BCUT2D eigenvalue weighted by Gasteiger charge is 2.33. The Hall–Kier alpha value is -1.71. The fraction of sp³-hybridized carbons (Fsp3) is 0.200. The lowest BCUT2D eigenvalue weighted by atomic mass is 10.0. The predicted molar refractivity (Wildman–Crippen MR) is 62.2 cm³/mol. The molecule has 1 unspecified atom stereocenters. The third-order valence-corrected chi connectivity index (χ3v) is 2.79. The van der Waals surface area contributed by atoms with E-state index < -0.39 is 12.4 Å². The van der Waals surface area contributed by atoms with E-state index in [-0.39, 0.29) is 11.3 Å². The molecule has 9 heteroatoms. The maximum Gasteiger partial charge on any atom is 0.573 e. The molecule has 0 bridgehead atoms. The van der Waals surface area contributed by atoms with E-state index in [1.54, 1.807) is 6.07 Å². The number of alkyl halides is 3. The minimum Gasteiger partial charge on any atom is -0.405 e. The Morgan fingerprint density at radius 3 is 2.63 bits per heavy atom. The highest BCUT2D eigenvalue weighted by molar-refractivity contribution is 6.99. The van der Waals surface area contributed by atoms with Crippen molar-refractivity contribution in [2.75, 3.05) is 0 Å². The predicted octanol–water partition coefficient (Wildman–Crippen LogP) is 1.99. The Bertz CT molecular complexity index is 532. The van der Waals surface area contributed by atoms with Gasteiger partial charge in [-0.25, -0.2) is 5.43 Å². The van der Waals surface area contributed by atoms with E-state index in [0.717, 1.165) is 11.7 Å². The molecule has 0 aliphatic rings. The summed E-state index contributed by atoms with van der Waals surface area (Å²) in [6.45, 7) is 0. The van der Waals surface area contributed by atoms with Crippen LogP contribution in [0.4, 0.5) is 13.2 Å². The normalized spacial score (nSPS) is 13.3. The summed E-state index contributed by atoms with van der Waals surface area (Å²) in [4.78, 5) is 0. The first kappa shape index (κ1) is 13.7. The van der Waals surface area contributed by atoms with Gasteiger partial charge in [0.2, 0.25) is 0 Å². The lowest BCUT2D eigenvalue weighted by molar-refractivity contribution is -0.275. The summed E-state index contributed by atoms with van der Waals surface area (Å²) in [5.41, 5.74) is 3.06. The number of nitrogens with two attached hydrogens (primary N) is 1. The topological polar surface area (TPSA) is 73.1 Å². The van der Waals surface area contributed by atoms with Crippen LogP contribution in [0.15, 0.2) is 30.5 Å². The first-order valence-electron chi connectivity index (χ1n) is 5.09. The molecule has 5 nitrogen and oxygen atoms in total. The van der Waals surface area contributed by atoms with Crippen molar-refractivity contribution in [3.63, 3.8) is 0 Å². The number of halogens is 3. The van der Waals surface area contributed by atoms with E-state index in [9.17, 15) is 13.2 Å². The Labute approximate surface area is 110 Å². The summed E-state index contributed by atoms with van der Waals surface area (Å²) in [7, 11) is 0. The van der Waals surface area contributed by atoms with Gasteiger partial charge in [0, 0.05) is 5.56 Å². The van der Waals surface area contributed by atoms with Crippen LogP contribution in [0, 0.1) is 0 Å². The molecule has 0 saturated heterocycles. The number of aromatic nitrogens is 2. The lowest BCUT2D eigenvalue weighted by Gasteiger charge is -2.18. The summed E-state index contributed by atoms with van der Waals surface area (Å²) < 4.78 is 48.7. The van der Waals surface area contributed by atoms with Crippen LogP contribution >= 0.6 is 11.7 Å². The van der Waals surface area contributed by atoms with Gasteiger partial charge in [0.05, 0.1) is 29.7 Å². The number of benzene rings is 1. The molecule has 2 aromatic rings. The van der Waals surface area contributed by atoms with Gasteiger partial charge < -0.3 is 4.74 Å². The lowest BCUT2D eigenvalue weighted by Crippen LogP contribution is -2.30. The van der Waals surface area contributed by atoms with Crippen LogP contribution in [0.5, 0.6) is 5.75 Å². The van der Waals surface area contributed by atoms with Gasteiger partial charge in [0.15, 0.2) is 0 Å². The molecule has 0 spiro atoms. The third kappa shape index (κ3) is 3.40. The van der Waals surface area contributed by atoms with Gasteiger partial charge in [-0.1, -0.05) is 18.2 Å². The molecule has 1 heterocycles. The molecule has 0 aliphatic heterocycles. The zero-order valence-corrected chi connectivity index (χ0v) is 10.2. The molecule has 0 saturated carbocycles. The minimum atomic E-state index is -4.77. The molecule has 1 atom stereocenters. The number of para-hydroxylation sites is 1. The zero-order chi connectivity index (χ0) is 13.9. The second-order valence-electron chi connectivity index (χ2n) is 3.52. The third-order valence-electron chi connectivity index (χ3n) is 2.30. The molecule has 0 fully saturated rings. The molecule has 0 radical (unpaired) electrons. The number of hydrogen-bond acceptors (Lipinski definition) is 6. The second-order valence-corrected chi connectivity index (χ2v) is 4.07. The van der Waals surface area contributed by atoms with Gasteiger partial charge in [-0.3, -0.25) is 5.84 Å². The number of hydrazine groups is 1. The average Bonchev–Trinajstić information content (AvgIpc) is 2.84. The molecule has 19 heavy (non-hydrogen) atoms. The van der Waals surface area contributed by atoms with E-state index in [0.29, 0.717) is 5.69 Å². The van der Waals surface area contributed by atoms with Crippen LogP contribution in [0.25, 0.3) is 0 Å². The Balaban J connectivity index is 2.38. The van der Waals surface area contributed by atoms with E-state index >= 15 is 0 Å². The van der Waals surface area contributed by atoms with Crippen molar-refractivity contribution in [2.24, 2.45) is 5.84 Å². The summed E-state index contributed by atoms with van der Waals surface area (Å²) in [6.07, 6.45) is -3.34. The highest BCUT2D eigenvalue weighted by Crippen LogP contribution is 2.32. The van der Waals surface area contributed by atoms with E-state index in [2.05, 4.69) is 18.9 Å². The van der Waals surface area contributed by atoms with Crippen molar-refractivity contribution in [1.29, 1.82) is 0 Å². The Kier molecular flexibility index (Phi) is 3.98. The fourth-order valence-electron chi connectivity index (χ4n) is 1.57. The fourth-order valence-corrected chi connectivity index (χ4v) is 2.02. The van der Waals surface area contributed by atoms with Crippen molar-refractivity contribution in [2.45, 2.75) is 12.4 Å². The molecule has 2 rings (SSSR count). The van der Waals surface area contributed by atoms with Crippen molar-refractivity contribution in [3.8, 4) is 5.75 Å². The Morgan fingerprint density at radius 1 is 1.32 bits per heavy atom. The van der Waals surface area contributed by atoms with E-state index in [4.69, 9.17) is 5.84 Å². The summed E-state index contributed by atoms with van der Waals surface area (Å²) in [6, 6.07) is 5.00. The van der Waals surface area contributed by atoms with E-state index in [1.807, 2.05) is 0 Å².